The van der Waals surface area contributed by atoms with Gasteiger partial charge in [0, 0.05) is 20.1 Å². The number of carboxylic acids is 1. The topological polar surface area (TPSA) is 72.5 Å². The van der Waals surface area contributed by atoms with Gasteiger partial charge in [0.15, 0.2) is 0 Å². The first-order valence-electron chi connectivity index (χ1n) is 6.17. The maximum absolute atomic E-state index is 11.1. The molecule has 0 bridgehead atoms. The molecule has 3 N–H and O–H groups in total. The van der Waals surface area contributed by atoms with E-state index in [1.807, 2.05) is 24.3 Å². The van der Waals surface area contributed by atoms with Gasteiger partial charge in [-0.1, -0.05) is 24.3 Å². The number of rotatable bonds is 6. The van der Waals surface area contributed by atoms with E-state index in [1.165, 1.54) is 0 Å². The molecule has 1 aliphatic rings. The van der Waals surface area contributed by atoms with Gasteiger partial charge in [0.25, 0.3) is 0 Å². The highest BCUT2D eigenvalue weighted by Gasteiger charge is 2.42. The molecular weight excluding hydrogens is 230 g/mol. The van der Waals surface area contributed by atoms with Crippen LogP contribution in [0.15, 0.2) is 24.3 Å². The van der Waals surface area contributed by atoms with E-state index in [9.17, 15) is 4.79 Å². The summed E-state index contributed by atoms with van der Waals surface area (Å²) in [4.78, 5) is 11.1. The first kappa shape index (κ1) is 13.1. The molecule has 0 heterocycles. The van der Waals surface area contributed by atoms with E-state index >= 15 is 0 Å². The summed E-state index contributed by atoms with van der Waals surface area (Å²) in [6.07, 6.45) is 2.99. The molecule has 0 radical (unpaired) electrons. The molecule has 2 rings (SSSR count). The highest BCUT2D eigenvalue weighted by atomic mass is 16.5. The number of aliphatic carboxylic acids is 1. The molecule has 4 heteroatoms. The van der Waals surface area contributed by atoms with Crippen molar-refractivity contribution >= 4 is 5.97 Å². The molecule has 98 valence electrons. The van der Waals surface area contributed by atoms with Gasteiger partial charge in [-0.25, -0.2) is 0 Å². The number of hydrogen-bond acceptors (Lipinski definition) is 3. The van der Waals surface area contributed by atoms with Gasteiger partial charge in [-0.2, -0.15) is 0 Å². The zero-order chi connectivity index (χ0) is 13.2. The monoisotopic (exact) mass is 249 g/mol. The Bertz CT molecular complexity index is 440. The molecule has 0 aromatic heterocycles. The minimum Gasteiger partial charge on any atom is -0.481 e. The minimum atomic E-state index is -0.873. The Morgan fingerprint density at radius 2 is 2.28 bits per heavy atom. The van der Waals surface area contributed by atoms with Gasteiger partial charge in [-0.15, -0.1) is 0 Å². The smallest absolute Gasteiger partial charge is 0.312 e. The van der Waals surface area contributed by atoms with Crippen LogP contribution in [-0.2, 0) is 16.0 Å². The molecule has 18 heavy (non-hydrogen) atoms. The quantitative estimate of drug-likeness (QED) is 0.802. The molecule has 1 saturated carbocycles. The molecule has 0 amide bonds. The first-order valence-corrected chi connectivity index (χ1v) is 6.17. The van der Waals surface area contributed by atoms with Crippen LogP contribution in [0, 0.1) is 0 Å². The highest BCUT2D eigenvalue weighted by Crippen LogP contribution is 2.42. The van der Waals surface area contributed by atoms with Crippen molar-refractivity contribution in [1.29, 1.82) is 0 Å². The number of benzene rings is 1. The molecule has 1 unspecified atom stereocenters. The van der Waals surface area contributed by atoms with Crippen LogP contribution in [0.3, 0.4) is 0 Å². The minimum absolute atomic E-state index is 0.0138. The van der Waals surface area contributed by atoms with E-state index in [2.05, 4.69) is 0 Å². The Balaban J connectivity index is 2.16. The lowest BCUT2D eigenvalue weighted by Crippen LogP contribution is -2.21. The zero-order valence-electron chi connectivity index (χ0n) is 10.6. The summed E-state index contributed by atoms with van der Waals surface area (Å²) in [5.74, 6) is -1.50. The Labute approximate surface area is 107 Å². The average molecular weight is 249 g/mol. The molecule has 1 aromatic carbocycles. The lowest BCUT2D eigenvalue weighted by molar-refractivity contribution is -0.138. The summed E-state index contributed by atoms with van der Waals surface area (Å²) in [7, 11) is 1.73. The number of methoxy groups -OCH3 is 1. The van der Waals surface area contributed by atoms with Crippen LogP contribution in [0.4, 0.5) is 0 Å². The Morgan fingerprint density at radius 3 is 2.78 bits per heavy atom. The second-order valence-electron chi connectivity index (χ2n) is 4.94. The summed E-state index contributed by atoms with van der Waals surface area (Å²) in [6, 6.07) is 7.66. The number of nitrogens with two attached hydrogens (primary N) is 1. The van der Waals surface area contributed by atoms with Crippen molar-refractivity contribution < 1.29 is 14.6 Å². The van der Waals surface area contributed by atoms with E-state index in [0.29, 0.717) is 0 Å². The Morgan fingerprint density at radius 1 is 1.56 bits per heavy atom. The standard InChI is InChI=1S/C14H19NO3/c1-18-14(5-6-14)8-10-3-2-4-11(7-10)12(9-15)13(16)17/h2-4,7,12H,5-6,8-9,15H2,1H3,(H,16,17). The molecule has 0 spiro atoms. The van der Waals surface area contributed by atoms with Crippen LogP contribution in [0.2, 0.25) is 0 Å². The normalized spacial score (nSPS) is 18.3. The summed E-state index contributed by atoms with van der Waals surface area (Å²) >= 11 is 0. The average Bonchev–Trinajstić information content (AvgIpc) is 3.10. The van der Waals surface area contributed by atoms with Gasteiger partial charge >= 0.3 is 5.97 Å². The third-order valence-electron chi connectivity index (χ3n) is 3.65. The van der Waals surface area contributed by atoms with E-state index in [0.717, 1.165) is 30.4 Å². The van der Waals surface area contributed by atoms with Crippen molar-refractivity contribution in [2.75, 3.05) is 13.7 Å². The van der Waals surface area contributed by atoms with Crippen LogP contribution < -0.4 is 5.73 Å². The van der Waals surface area contributed by atoms with Gasteiger partial charge in [-0.3, -0.25) is 4.79 Å². The SMILES string of the molecule is COC1(Cc2cccc(C(CN)C(=O)O)c2)CC1. The van der Waals surface area contributed by atoms with Crippen LogP contribution in [0.5, 0.6) is 0 Å². The fourth-order valence-corrected chi connectivity index (χ4v) is 2.26. The van der Waals surface area contributed by atoms with Gasteiger partial charge in [-0.05, 0) is 24.0 Å². The second kappa shape index (κ2) is 5.08. The molecule has 1 fully saturated rings. The maximum Gasteiger partial charge on any atom is 0.312 e. The number of ether oxygens (including phenoxy) is 1. The summed E-state index contributed by atoms with van der Waals surface area (Å²) in [5.41, 5.74) is 7.39. The second-order valence-corrected chi connectivity index (χ2v) is 4.94. The molecule has 0 saturated heterocycles. The van der Waals surface area contributed by atoms with Crippen molar-refractivity contribution in [3.05, 3.63) is 35.4 Å². The third-order valence-corrected chi connectivity index (χ3v) is 3.65. The van der Waals surface area contributed by atoms with Crippen molar-refractivity contribution in [3.8, 4) is 0 Å². The van der Waals surface area contributed by atoms with Gasteiger partial charge in [0.2, 0.25) is 0 Å². The molecule has 1 aliphatic carbocycles. The zero-order valence-corrected chi connectivity index (χ0v) is 10.6. The lowest BCUT2D eigenvalue weighted by Gasteiger charge is -2.15. The maximum atomic E-state index is 11.1. The number of hydrogen-bond donors (Lipinski definition) is 2. The summed E-state index contributed by atoms with van der Waals surface area (Å²) < 4.78 is 5.49. The summed E-state index contributed by atoms with van der Waals surface area (Å²) in [5, 5.41) is 9.10. The van der Waals surface area contributed by atoms with Gasteiger partial charge in [0.1, 0.15) is 0 Å². The van der Waals surface area contributed by atoms with Crippen molar-refractivity contribution in [1.82, 2.24) is 0 Å². The fraction of sp³-hybridized carbons (Fsp3) is 0.500. The molecule has 4 nitrogen and oxygen atoms in total. The summed E-state index contributed by atoms with van der Waals surface area (Å²) in [6.45, 7) is 0.119. The van der Waals surface area contributed by atoms with E-state index in [-0.39, 0.29) is 12.1 Å². The molecule has 1 atom stereocenters. The van der Waals surface area contributed by atoms with Crippen LogP contribution in [-0.4, -0.2) is 30.3 Å². The van der Waals surface area contributed by atoms with E-state index < -0.39 is 11.9 Å². The van der Waals surface area contributed by atoms with Gasteiger partial charge in [0.05, 0.1) is 11.5 Å². The van der Waals surface area contributed by atoms with Crippen molar-refractivity contribution in [2.24, 2.45) is 5.73 Å². The Kier molecular flexibility index (Phi) is 3.68. The molecule has 0 aliphatic heterocycles. The third kappa shape index (κ3) is 2.71. The predicted molar refractivity (Wildman–Crippen MR) is 68.6 cm³/mol. The Hall–Kier alpha value is -1.39. The number of carbonyl (C=O) groups is 1. The lowest BCUT2D eigenvalue weighted by atomic mass is 9.95. The molecule has 1 aromatic rings. The first-order chi connectivity index (χ1) is 8.60. The van der Waals surface area contributed by atoms with Crippen molar-refractivity contribution in [3.63, 3.8) is 0 Å². The predicted octanol–water partition coefficient (Wildman–Crippen LogP) is 1.54. The van der Waals surface area contributed by atoms with Crippen LogP contribution in [0.1, 0.15) is 29.9 Å². The fourth-order valence-electron chi connectivity index (χ4n) is 2.26. The molecular formula is C14H19NO3. The van der Waals surface area contributed by atoms with Gasteiger partial charge < -0.3 is 15.6 Å². The van der Waals surface area contributed by atoms with Crippen molar-refractivity contribution in [2.45, 2.75) is 30.8 Å². The van der Waals surface area contributed by atoms with E-state index in [1.54, 1.807) is 7.11 Å². The van der Waals surface area contributed by atoms with Crippen LogP contribution in [0.25, 0.3) is 0 Å². The van der Waals surface area contributed by atoms with E-state index in [4.69, 9.17) is 15.6 Å². The largest absolute Gasteiger partial charge is 0.481 e. The highest BCUT2D eigenvalue weighted by molar-refractivity contribution is 5.76. The van der Waals surface area contributed by atoms with Crippen LogP contribution >= 0.6 is 0 Å². The number of carboxylic acid groups (broad SMARTS) is 1.